The smallest absolute Gasteiger partial charge is 0.244 e. The number of methoxy groups -OCH3 is 1. The number of hydrogen-bond acceptors (Lipinski definition) is 3. The molecule has 6 heteroatoms. The predicted molar refractivity (Wildman–Crippen MR) is 101 cm³/mol. The van der Waals surface area contributed by atoms with Gasteiger partial charge in [-0.2, -0.15) is 0 Å². The van der Waals surface area contributed by atoms with Crippen LogP contribution in [-0.4, -0.2) is 36.9 Å². The standard InChI is InChI=1S/C21H23FN2O3/c1-3-24(13-20(25)23-18-6-4-5-7-19(18)27-2)21(26)17-12-16(17)14-8-10-15(22)11-9-14/h4-11,16-17H,3,12-13H2,1-2H3,(H,23,25). The summed E-state index contributed by atoms with van der Waals surface area (Å²) in [6.07, 6.45) is 0.731. The maximum Gasteiger partial charge on any atom is 0.244 e. The average molecular weight is 370 g/mol. The van der Waals surface area contributed by atoms with Gasteiger partial charge in [0.1, 0.15) is 11.6 Å². The molecular formula is C21H23FN2O3. The van der Waals surface area contributed by atoms with E-state index in [9.17, 15) is 14.0 Å². The number of para-hydroxylation sites is 2. The molecule has 0 saturated heterocycles. The first-order chi connectivity index (χ1) is 13.0. The maximum atomic E-state index is 13.1. The molecule has 1 aliphatic rings. The van der Waals surface area contributed by atoms with E-state index in [-0.39, 0.29) is 36.0 Å². The molecule has 3 rings (SSSR count). The van der Waals surface area contributed by atoms with Crippen LogP contribution in [0.25, 0.3) is 0 Å². The minimum Gasteiger partial charge on any atom is -0.495 e. The Morgan fingerprint density at radius 2 is 1.89 bits per heavy atom. The molecule has 0 radical (unpaired) electrons. The van der Waals surface area contributed by atoms with Crippen LogP contribution in [0.3, 0.4) is 0 Å². The second-order valence-electron chi connectivity index (χ2n) is 6.60. The van der Waals surface area contributed by atoms with Crippen LogP contribution in [0.1, 0.15) is 24.8 Å². The molecule has 2 amide bonds. The summed E-state index contributed by atoms with van der Waals surface area (Å²) in [5, 5.41) is 2.79. The fraction of sp³-hybridized carbons (Fsp3) is 0.333. The molecular weight excluding hydrogens is 347 g/mol. The highest BCUT2D eigenvalue weighted by Crippen LogP contribution is 2.48. The molecule has 1 fully saturated rings. The lowest BCUT2D eigenvalue weighted by Gasteiger charge is -2.21. The average Bonchev–Trinajstić information content (AvgIpc) is 3.47. The van der Waals surface area contributed by atoms with E-state index in [0.29, 0.717) is 18.0 Å². The van der Waals surface area contributed by atoms with E-state index in [4.69, 9.17) is 4.74 Å². The number of carbonyl (C=O) groups excluding carboxylic acids is 2. The summed E-state index contributed by atoms with van der Waals surface area (Å²) in [4.78, 5) is 26.7. The van der Waals surface area contributed by atoms with E-state index < -0.39 is 0 Å². The van der Waals surface area contributed by atoms with Crippen molar-refractivity contribution in [1.29, 1.82) is 0 Å². The molecule has 142 valence electrons. The largest absolute Gasteiger partial charge is 0.495 e. The van der Waals surface area contributed by atoms with E-state index in [2.05, 4.69) is 5.32 Å². The molecule has 1 aliphatic carbocycles. The highest BCUT2D eigenvalue weighted by Gasteiger charge is 2.45. The SMILES string of the molecule is CCN(CC(=O)Nc1ccccc1OC)C(=O)C1CC1c1ccc(F)cc1. The number of benzene rings is 2. The molecule has 2 aromatic carbocycles. The molecule has 1 N–H and O–H groups in total. The van der Waals surface area contributed by atoms with Crippen LogP contribution < -0.4 is 10.1 Å². The summed E-state index contributed by atoms with van der Waals surface area (Å²) in [6, 6.07) is 13.4. The highest BCUT2D eigenvalue weighted by molar-refractivity contribution is 5.96. The molecule has 0 aromatic heterocycles. The van der Waals surface area contributed by atoms with Crippen molar-refractivity contribution in [1.82, 2.24) is 4.90 Å². The van der Waals surface area contributed by atoms with Crippen LogP contribution in [0, 0.1) is 11.7 Å². The molecule has 2 atom stereocenters. The van der Waals surface area contributed by atoms with E-state index in [1.165, 1.54) is 19.2 Å². The van der Waals surface area contributed by atoms with E-state index in [1.54, 1.807) is 35.2 Å². The maximum absolute atomic E-state index is 13.1. The lowest BCUT2D eigenvalue weighted by molar-refractivity contribution is -0.135. The van der Waals surface area contributed by atoms with Crippen LogP contribution >= 0.6 is 0 Å². The number of rotatable bonds is 7. The first kappa shape index (κ1) is 18.9. The van der Waals surface area contributed by atoms with Gasteiger partial charge in [0.15, 0.2) is 0 Å². The van der Waals surface area contributed by atoms with Crippen molar-refractivity contribution in [3.05, 3.63) is 59.9 Å². The summed E-state index contributed by atoms with van der Waals surface area (Å²) < 4.78 is 18.3. The molecule has 1 saturated carbocycles. The molecule has 2 unspecified atom stereocenters. The number of nitrogens with one attached hydrogen (secondary N) is 1. The van der Waals surface area contributed by atoms with Crippen molar-refractivity contribution in [2.24, 2.45) is 5.92 Å². The van der Waals surface area contributed by atoms with E-state index >= 15 is 0 Å². The van der Waals surface area contributed by atoms with Gasteiger partial charge in [0.25, 0.3) is 0 Å². The molecule has 0 heterocycles. The number of amides is 2. The number of carbonyl (C=O) groups is 2. The van der Waals surface area contributed by atoms with Crippen LogP contribution in [0.2, 0.25) is 0 Å². The molecule has 2 aromatic rings. The van der Waals surface area contributed by atoms with Gasteiger partial charge in [-0.1, -0.05) is 24.3 Å². The van der Waals surface area contributed by atoms with Crippen molar-refractivity contribution >= 4 is 17.5 Å². The Bertz CT molecular complexity index is 822. The van der Waals surface area contributed by atoms with Gasteiger partial charge in [0.2, 0.25) is 11.8 Å². The van der Waals surface area contributed by atoms with Crippen molar-refractivity contribution in [3.63, 3.8) is 0 Å². The van der Waals surface area contributed by atoms with Crippen molar-refractivity contribution < 1.29 is 18.7 Å². The van der Waals surface area contributed by atoms with Gasteiger partial charge in [0, 0.05) is 12.5 Å². The Hall–Kier alpha value is -2.89. The van der Waals surface area contributed by atoms with Gasteiger partial charge in [-0.25, -0.2) is 4.39 Å². The Morgan fingerprint density at radius 1 is 1.19 bits per heavy atom. The Morgan fingerprint density at radius 3 is 2.56 bits per heavy atom. The number of ether oxygens (including phenoxy) is 1. The fourth-order valence-electron chi connectivity index (χ4n) is 3.24. The minimum atomic E-state index is -0.287. The number of likely N-dealkylation sites (N-methyl/N-ethyl adjacent to an activating group) is 1. The first-order valence-corrected chi connectivity index (χ1v) is 9.00. The second-order valence-corrected chi connectivity index (χ2v) is 6.60. The van der Waals surface area contributed by atoms with Gasteiger partial charge in [-0.05, 0) is 49.1 Å². The predicted octanol–water partition coefficient (Wildman–Crippen LogP) is 3.43. The topological polar surface area (TPSA) is 58.6 Å². The summed E-state index contributed by atoms with van der Waals surface area (Å²) >= 11 is 0. The molecule has 0 spiro atoms. The van der Waals surface area contributed by atoms with Crippen molar-refractivity contribution in [2.45, 2.75) is 19.3 Å². The molecule has 27 heavy (non-hydrogen) atoms. The summed E-state index contributed by atoms with van der Waals surface area (Å²) in [6.45, 7) is 2.29. The van der Waals surface area contributed by atoms with Gasteiger partial charge in [0.05, 0.1) is 19.3 Å². The Balaban J connectivity index is 1.59. The Labute approximate surface area is 158 Å². The number of hydrogen-bond donors (Lipinski definition) is 1. The Kier molecular flexibility index (Phi) is 5.74. The third kappa shape index (κ3) is 4.45. The lowest BCUT2D eigenvalue weighted by Crippen LogP contribution is -2.39. The number of anilines is 1. The minimum absolute atomic E-state index is 0.0139. The van der Waals surface area contributed by atoms with Gasteiger partial charge >= 0.3 is 0 Å². The fourth-order valence-corrected chi connectivity index (χ4v) is 3.24. The summed E-state index contributed by atoms with van der Waals surface area (Å²) in [7, 11) is 1.54. The first-order valence-electron chi connectivity index (χ1n) is 9.00. The summed E-state index contributed by atoms with van der Waals surface area (Å²) in [5.41, 5.74) is 1.54. The van der Waals surface area contributed by atoms with E-state index in [0.717, 1.165) is 12.0 Å². The monoisotopic (exact) mass is 370 g/mol. The van der Waals surface area contributed by atoms with Gasteiger partial charge in [-0.3, -0.25) is 9.59 Å². The van der Waals surface area contributed by atoms with Gasteiger partial charge in [-0.15, -0.1) is 0 Å². The quantitative estimate of drug-likeness (QED) is 0.812. The highest BCUT2D eigenvalue weighted by atomic mass is 19.1. The lowest BCUT2D eigenvalue weighted by atomic mass is 10.1. The zero-order valence-electron chi connectivity index (χ0n) is 15.4. The second kappa shape index (κ2) is 8.20. The van der Waals surface area contributed by atoms with E-state index in [1.807, 2.05) is 13.0 Å². The third-order valence-electron chi connectivity index (χ3n) is 4.81. The third-order valence-corrected chi connectivity index (χ3v) is 4.81. The van der Waals surface area contributed by atoms with Crippen LogP contribution in [-0.2, 0) is 9.59 Å². The van der Waals surface area contributed by atoms with Crippen LogP contribution in [0.4, 0.5) is 10.1 Å². The van der Waals surface area contributed by atoms with Gasteiger partial charge < -0.3 is 15.0 Å². The number of halogens is 1. The molecule has 5 nitrogen and oxygen atoms in total. The molecule has 0 aliphatic heterocycles. The summed E-state index contributed by atoms with van der Waals surface area (Å²) in [5.74, 6) is -0.0705. The van der Waals surface area contributed by atoms with Crippen molar-refractivity contribution in [2.75, 3.05) is 25.5 Å². The number of nitrogens with zero attached hydrogens (tertiary/aromatic N) is 1. The van der Waals surface area contributed by atoms with Crippen molar-refractivity contribution in [3.8, 4) is 5.75 Å². The van der Waals surface area contributed by atoms with Crippen LogP contribution in [0.5, 0.6) is 5.75 Å². The zero-order chi connectivity index (χ0) is 19.4. The molecule has 0 bridgehead atoms. The van der Waals surface area contributed by atoms with Crippen LogP contribution in [0.15, 0.2) is 48.5 Å². The normalized spacial score (nSPS) is 17.9. The zero-order valence-corrected chi connectivity index (χ0v) is 15.4.